The summed E-state index contributed by atoms with van der Waals surface area (Å²) in [6.45, 7) is 1.71. The van der Waals surface area contributed by atoms with E-state index in [-0.39, 0.29) is 6.10 Å². The quantitative estimate of drug-likeness (QED) is 0.632. The monoisotopic (exact) mass is 127 g/mol. The number of hydrogen-bond donors (Lipinski definition) is 1. The van der Waals surface area contributed by atoms with Crippen molar-refractivity contribution in [2.75, 3.05) is 0 Å². The molecule has 0 spiro atoms. The summed E-state index contributed by atoms with van der Waals surface area (Å²) in [6, 6.07) is 1.74. The van der Waals surface area contributed by atoms with Gasteiger partial charge in [-0.2, -0.15) is 0 Å². The van der Waals surface area contributed by atoms with Crippen molar-refractivity contribution >= 4 is 0 Å². The molecule has 9 heavy (non-hydrogen) atoms. The van der Waals surface area contributed by atoms with Gasteiger partial charge in [-0.15, -0.1) is 0 Å². The van der Waals surface area contributed by atoms with Crippen molar-refractivity contribution in [2.45, 2.75) is 19.4 Å². The molecule has 3 nitrogen and oxygen atoms in total. The third-order valence-electron chi connectivity index (χ3n) is 0.988. The minimum absolute atomic E-state index is 0.349. The molecule has 1 aromatic rings. The third-order valence-corrected chi connectivity index (χ3v) is 0.988. The first-order valence-corrected chi connectivity index (χ1v) is 2.86. The summed E-state index contributed by atoms with van der Waals surface area (Å²) in [5.74, 6) is 0.727. The van der Waals surface area contributed by atoms with Crippen molar-refractivity contribution in [1.82, 2.24) is 5.16 Å². The molecule has 1 N–H and O–H groups in total. The van der Waals surface area contributed by atoms with Crippen LogP contribution in [0.1, 0.15) is 12.7 Å². The summed E-state index contributed by atoms with van der Waals surface area (Å²) in [7, 11) is 0. The minimum atomic E-state index is -0.349. The first-order chi connectivity index (χ1) is 4.29. The van der Waals surface area contributed by atoms with Crippen molar-refractivity contribution in [1.29, 1.82) is 0 Å². The first kappa shape index (κ1) is 6.29. The van der Waals surface area contributed by atoms with Crippen LogP contribution in [-0.4, -0.2) is 16.4 Å². The number of aliphatic hydroxyl groups is 1. The van der Waals surface area contributed by atoms with Gasteiger partial charge in [0.25, 0.3) is 0 Å². The fraction of sp³-hybridized carbons (Fsp3) is 0.500. The molecule has 3 heteroatoms. The molecule has 0 aliphatic heterocycles. The smallest absolute Gasteiger partial charge is 0.139 e. The lowest BCUT2D eigenvalue weighted by Crippen LogP contribution is -2.02. The highest BCUT2D eigenvalue weighted by Crippen LogP contribution is 1.99. The van der Waals surface area contributed by atoms with Crippen LogP contribution in [0.3, 0.4) is 0 Å². The molecule has 0 fully saturated rings. The molecule has 1 atom stereocenters. The van der Waals surface area contributed by atoms with Gasteiger partial charge in [0.05, 0.1) is 12.3 Å². The predicted octanol–water partition coefficient (Wildman–Crippen LogP) is 0.598. The van der Waals surface area contributed by atoms with Crippen molar-refractivity contribution in [2.24, 2.45) is 0 Å². The van der Waals surface area contributed by atoms with Gasteiger partial charge in [-0.25, -0.2) is 0 Å². The van der Waals surface area contributed by atoms with E-state index >= 15 is 0 Å². The molecule has 1 heterocycles. The first-order valence-electron chi connectivity index (χ1n) is 2.86. The number of aromatic nitrogens is 1. The van der Waals surface area contributed by atoms with Crippen LogP contribution in [0.4, 0.5) is 0 Å². The van der Waals surface area contributed by atoms with Crippen LogP contribution in [0.15, 0.2) is 16.8 Å². The Morgan fingerprint density at radius 3 is 3.11 bits per heavy atom. The van der Waals surface area contributed by atoms with E-state index in [1.54, 1.807) is 19.2 Å². The normalized spacial score (nSPS) is 13.6. The van der Waals surface area contributed by atoms with Crippen LogP contribution >= 0.6 is 0 Å². The van der Waals surface area contributed by atoms with Gasteiger partial charge in [0.1, 0.15) is 5.76 Å². The van der Waals surface area contributed by atoms with Crippen molar-refractivity contribution < 1.29 is 9.63 Å². The fourth-order valence-electron chi connectivity index (χ4n) is 0.639. The van der Waals surface area contributed by atoms with E-state index in [9.17, 15) is 0 Å². The number of aliphatic hydroxyl groups excluding tert-OH is 1. The van der Waals surface area contributed by atoms with Gasteiger partial charge in [-0.05, 0) is 6.92 Å². The highest BCUT2D eigenvalue weighted by Gasteiger charge is 2.00. The molecule has 0 radical (unpaired) electrons. The van der Waals surface area contributed by atoms with E-state index < -0.39 is 0 Å². The Bertz CT molecular complexity index is 158. The lowest BCUT2D eigenvalue weighted by Gasteiger charge is -1.96. The average molecular weight is 127 g/mol. The standard InChI is InChI=1S/C6H9NO2/c1-5(8)4-6-2-3-7-9-6/h2-3,5,8H,4H2,1H3/t5-/m0/s1. The van der Waals surface area contributed by atoms with Gasteiger partial charge < -0.3 is 9.63 Å². The molecule has 0 bridgehead atoms. The second-order valence-electron chi connectivity index (χ2n) is 2.03. The largest absolute Gasteiger partial charge is 0.393 e. The van der Waals surface area contributed by atoms with E-state index in [4.69, 9.17) is 9.63 Å². The van der Waals surface area contributed by atoms with Gasteiger partial charge in [0, 0.05) is 12.5 Å². The van der Waals surface area contributed by atoms with Crippen molar-refractivity contribution in [3.63, 3.8) is 0 Å². The summed E-state index contributed by atoms with van der Waals surface area (Å²) < 4.78 is 4.73. The second kappa shape index (κ2) is 2.64. The minimum Gasteiger partial charge on any atom is -0.393 e. The van der Waals surface area contributed by atoms with Crippen LogP contribution in [0.5, 0.6) is 0 Å². The van der Waals surface area contributed by atoms with E-state index in [1.165, 1.54) is 0 Å². The molecule has 0 aliphatic rings. The molecule has 0 saturated carbocycles. The Morgan fingerprint density at radius 1 is 1.89 bits per heavy atom. The molecule has 1 rings (SSSR count). The number of rotatable bonds is 2. The molecule has 0 unspecified atom stereocenters. The Labute approximate surface area is 53.3 Å². The molecular weight excluding hydrogens is 118 g/mol. The predicted molar refractivity (Wildman–Crippen MR) is 31.9 cm³/mol. The van der Waals surface area contributed by atoms with Crippen molar-refractivity contribution in [3.8, 4) is 0 Å². The summed E-state index contributed by atoms with van der Waals surface area (Å²) in [5, 5.41) is 12.3. The van der Waals surface area contributed by atoms with E-state index in [2.05, 4.69) is 5.16 Å². The molecule has 0 amide bonds. The van der Waals surface area contributed by atoms with Crippen LogP contribution in [0.2, 0.25) is 0 Å². The van der Waals surface area contributed by atoms with Crippen LogP contribution in [-0.2, 0) is 6.42 Å². The van der Waals surface area contributed by atoms with Crippen LogP contribution in [0.25, 0.3) is 0 Å². The molecule has 50 valence electrons. The summed E-state index contributed by atoms with van der Waals surface area (Å²) in [4.78, 5) is 0. The Hall–Kier alpha value is -0.830. The van der Waals surface area contributed by atoms with Gasteiger partial charge in [-0.3, -0.25) is 0 Å². The highest BCUT2D eigenvalue weighted by molar-refractivity contribution is 4.93. The lowest BCUT2D eigenvalue weighted by atomic mass is 10.2. The number of hydrogen-bond acceptors (Lipinski definition) is 3. The van der Waals surface area contributed by atoms with E-state index in [1.807, 2.05) is 0 Å². The van der Waals surface area contributed by atoms with Crippen LogP contribution < -0.4 is 0 Å². The highest BCUT2D eigenvalue weighted by atomic mass is 16.5. The van der Waals surface area contributed by atoms with E-state index in [0.29, 0.717) is 6.42 Å². The molecule has 0 aliphatic carbocycles. The SMILES string of the molecule is C[C@H](O)Cc1ccno1. The maximum Gasteiger partial charge on any atom is 0.139 e. The second-order valence-corrected chi connectivity index (χ2v) is 2.03. The maximum atomic E-state index is 8.84. The zero-order valence-corrected chi connectivity index (χ0v) is 5.24. The molecular formula is C6H9NO2. The zero-order valence-electron chi connectivity index (χ0n) is 5.24. The third kappa shape index (κ3) is 1.85. The topological polar surface area (TPSA) is 46.3 Å². The Morgan fingerprint density at radius 2 is 2.67 bits per heavy atom. The van der Waals surface area contributed by atoms with Gasteiger partial charge in [-0.1, -0.05) is 5.16 Å². The van der Waals surface area contributed by atoms with Gasteiger partial charge >= 0.3 is 0 Å². The van der Waals surface area contributed by atoms with Crippen LogP contribution in [0, 0.1) is 0 Å². The van der Waals surface area contributed by atoms with Crippen molar-refractivity contribution in [3.05, 3.63) is 18.0 Å². The van der Waals surface area contributed by atoms with E-state index in [0.717, 1.165) is 5.76 Å². The maximum absolute atomic E-state index is 8.84. The lowest BCUT2D eigenvalue weighted by molar-refractivity contribution is 0.183. The summed E-state index contributed by atoms with van der Waals surface area (Å²) in [6.07, 6.45) is 1.76. The molecule has 1 aromatic heterocycles. The van der Waals surface area contributed by atoms with Gasteiger partial charge in [0.2, 0.25) is 0 Å². The molecule has 0 saturated heterocycles. The molecule has 0 aromatic carbocycles. The Balaban J connectivity index is 2.48. The fourth-order valence-corrected chi connectivity index (χ4v) is 0.639. The van der Waals surface area contributed by atoms with Gasteiger partial charge in [0.15, 0.2) is 0 Å². The number of nitrogens with zero attached hydrogens (tertiary/aromatic N) is 1. The Kier molecular flexibility index (Phi) is 1.85. The summed E-state index contributed by atoms with van der Waals surface area (Å²) in [5.41, 5.74) is 0. The summed E-state index contributed by atoms with van der Waals surface area (Å²) >= 11 is 0. The average Bonchev–Trinajstić information content (AvgIpc) is 2.15. The zero-order chi connectivity index (χ0) is 6.69.